The second-order valence-corrected chi connectivity index (χ2v) is 2.73. The van der Waals surface area contributed by atoms with Gasteiger partial charge in [0.05, 0.1) is 0 Å². The largest absolute Gasteiger partial charge is 0.354 e. The van der Waals surface area contributed by atoms with Gasteiger partial charge < -0.3 is 5.32 Å². The number of hydrogen-bond acceptors (Lipinski definition) is 1. The summed E-state index contributed by atoms with van der Waals surface area (Å²) in [7, 11) is 0. The van der Waals surface area contributed by atoms with Gasteiger partial charge in [-0.15, -0.1) is 0 Å². The molecule has 0 aliphatic carbocycles. The second kappa shape index (κ2) is 5.96. The van der Waals surface area contributed by atoms with Gasteiger partial charge in [-0.1, -0.05) is 12.2 Å². The molecule has 0 aromatic carbocycles. The van der Waals surface area contributed by atoms with Crippen molar-refractivity contribution in [1.29, 1.82) is 0 Å². The van der Waals surface area contributed by atoms with Crippen LogP contribution < -0.4 is 5.32 Å². The first-order chi connectivity index (χ1) is 5.16. The summed E-state index contributed by atoms with van der Waals surface area (Å²) < 4.78 is 0. The topological polar surface area (TPSA) is 29.1 Å². The number of rotatable bonds is 4. The maximum Gasteiger partial charge on any atom is 0.220 e. The summed E-state index contributed by atoms with van der Waals surface area (Å²) in [6.45, 7) is 7.44. The van der Waals surface area contributed by atoms with Gasteiger partial charge in [-0.3, -0.25) is 4.79 Å². The minimum absolute atomic E-state index is 0.109. The lowest BCUT2D eigenvalue weighted by atomic mass is 10.2. The van der Waals surface area contributed by atoms with Crippen molar-refractivity contribution in [1.82, 2.24) is 5.32 Å². The first-order valence-corrected chi connectivity index (χ1v) is 3.90. The average Bonchev–Trinajstić information content (AvgIpc) is 1.86. The van der Waals surface area contributed by atoms with Crippen molar-refractivity contribution in [3.63, 3.8) is 0 Å². The van der Waals surface area contributed by atoms with Gasteiger partial charge in [-0.25, -0.2) is 0 Å². The number of amides is 1. The molecule has 0 atom stereocenters. The monoisotopic (exact) mass is 154 g/mol. The lowest BCUT2D eigenvalue weighted by Gasteiger charge is -2.06. The predicted octanol–water partition coefficient (Wildman–Crippen LogP) is 1.68. The summed E-state index contributed by atoms with van der Waals surface area (Å²) in [5.41, 5.74) is 0. The molecule has 0 unspecified atom stereocenters. The number of nitrogens with one attached hydrogen (secondary N) is 1. The number of allylic oxidation sites excluding steroid dienone is 2. The van der Waals surface area contributed by atoms with Crippen LogP contribution in [0.2, 0.25) is 0 Å². The zero-order valence-electron chi connectivity index (χ0n) is 7.26. The van der Waals surface area contributed by atoms with Crippen molar-refractivity contribution >= 4 is 5.91 Å². The SMILES string of the molecule is [CH2]/C=C/CCC(=O)NC(C)C. The van der Waals surface area contributed by atoms with E-state index in [2.05, 4.69) is 12.2 Å². The van der Waals surface area contributed by atoms with E-state index in [4.69, 9.17) is 0 Å². The molecule has 0 fully saturated rings. The Labute approximate surface area is 68.7 Å². The van der Waals surface area contributed by atoms with Crippen LogP contribution in [-0.4, -0.2) is 11.9 Å². The Kier molecular flexibility index (Phi) is 5.53. The maximum atomic E-state index is 11.0. The summed E-state index contributed by atoms with van der Waals surface area (Å²) in [6.07, 6.45) is 4.94. The second-order valence-electron chi connectivity index (χ2n) is 2.73. The van der Waals surface area contributed by atoms with Crippen molar-refractivity contribution in [2.45, 2.75) is 32.7 Å². The summed E-state index contributed by atoms with van der Waals surface area (Å²) in [5, 5.41) is 2.81. The Hall–Kier alpha value is -0.790. The van der Waals surface area contributed by atoms with E-state index >= 15 is 0 Å². The van der Waals surface area contributed by atoms with E-state index in [0.717, 1.165) is 6.42 Å². The van der Waals surface area contributed by atoms with Crippen LogP contribution in [0.4, 0.5) is 0 Å². The van der Waals surface area contributed by atoms with Crippen LogP contribution in [0.3, 0.4) is 0 Å². The molecule has 1 radical (unpaired) electrons. The first-order valence-electron chi connectivity index (χ1n) is 3.90. The maximum absolute atomic E-state index is 11.0. The molecule has 0 rings (SSSR count). The lowest BCUT2D eigenvalue weighted by Crippen LogP contribution is -2.29. The summed E-state index contributed by atoms with van der Waals surface area (Å²) in [6, 6.07) is 0.242. The molecular weight excluding hydrogens is 138 g/mol. The van der Waals surface area contributed by atoms with E-state index in [1.807, 2.05) is 19.9 Å². The number of carbonyl (C=O) groups is 1. The smallest absolute Gasteiger partial charge is 0.220 e. The van der Waals surface area contributed by atoms with E-state index in [-0.39, 0.29) is 11.9 Å². The molecule has 0 aromatic rings. The van der Waals surface area contributed by atoms with Crippen molar-refractivity contribution in [2.24, 2.45) is 0 Å². The van der Waals surface area contributed by atoms with Gasteiger partial charge in [0, 0.05) is 12.5 Å². The fourth-order valence-electron chi connectivity index (χ4n) is 0.726. The van der Waals surface area contributed by atoms with E-state index in [0.29, 0.717) is 6.42 Å². The molecule has 0 heterocycles. The van der Waals surface area contributed by atoms with E-state index in [1.165, 1.54) is 0 Å². The van der Waals surface area contributed by atoms with Gasteiger partial charge in [0.15, 0.2) is 0 Å². The molecule has 2 heteroatoms. The highest BCUT2D eigenvalue weighted by Gasteiger charge is 1.99. The van der Waals surface area contributed by atoms with Crippen molar-refractivity contribution in [3.05, 3.63) is 19.1 Å². The fraction of sp³-hybridized carbons (Fsp3) is 0.556. The van der Waals surface area contributed by atoms with Crippen LogP contribution in [0.5, 0.6) is 0 Å². The molecular formula is C9H16NO. The van der Waals surface area contributed by atoms with Crippen LogP contribution in [0, 0.1) is 6.92 Å². The van der Waals surface area contributed by atoms with Crippen LogP contribution in [0.25, 0.3) is 0 Å². The Morgan fingerprint density at radius 3 is 2.73 bits per heavy atom. The molecule has 0 saturated carbocycles. The highest BCUT2D eigenvalue weighted by molar-refractivity contribution is 5.76. The highest BCUT2D eigenvalue weighted by Crippen LogP contribution is 1.91. The number of hydrogen-bond donors (Lipinski definition) is 1. The van der Waals surface area contributed by atoms with Gasteiger partial charge in [0.25, 0.3) is 0 Å². The van der Waals surface area contributed by atoms with E-state index in [9.17, 15) is 4.79 Å². The Morgan fingerprint density at radius 1 is 1.64 bits per heavy atom. The number of carbonyl (C=O) groups excluding carboxylic acids is 1. The molecule has 2 nitrogen and oxygen atoms in total. The Bertz CT molecular complexity index is 138. The molecule has 0 bridgehead atoms. The minimum Gasteiger partial charge on any atom is -0.354 e. The Balaban J connectivity index is 3.37. The van der Waals surface area contributed by atoms with Crippen LogP contribution >= 0.6 is 0 Å². The fourth-order valence-corrected chi connectivity index (χ4v) is 0.726. The third-order valence-electron chi connectivity index (χ3n) is 1.15. The van der Waals surface area contributed by atoms with E-state index in [1.54, 1.807) is 6.08 Å². The van der Waals surface area contributed by atoms with Crippen molar-refractivity contribution < 1.29 is 4.79 Å². The lowest BCUT2D eigenvalue weighted by molar-refractivity contribution is -0.121. The zero-order chi connectivity index (χ0) is 8.69. The van der Waals surface area contributed by atoms with Gasteiger partial charge in [-0.2, -0.15) is 0 Å². The van der Waals surface area contributed by atoms with Gasteiger partial charge in [0.2, 0.25) is 5.91 Å². The molecule has 0 saturated heterocycles. The molecule has 0 aliphatic rings. The quantitative estimate of drug-likeness (QED) is 0.656. The molecule has 1 amide bonds. The third kappa shape index (κ3) is 7.10. The van der Waals surface area contributed by atoms with Crippen molar-refractivity contribution in [3.8, 4) is 0 Å². The van der Waals surface area contributed by atoms with Gasteiger partial charge in [0.1, 0.15) is 0 Å². The van der Waals surface area contributed by atoms with Gasteiger partial charge in [-0.05, 0) is 27.2 Å². The molecule has 1 N–H and O–H groups in total. The van der Waals surface area contributed by atoms with Crippen LogP contribution in [0.1, 0.15) is 26.7 Å². The molecule has 63 valence electrons. The molecule has 11 heavy (non-hydrogen) atoms. The highest BCUT2D eigenvalue weighted by atomic mass is 16.1. The summed E-state index contributed by atoms with van der Waals surface area (Å²) in [4.78, 5) is 11.0. The minimum atomic E-state index is 0.109. The first kappa shape index (κ1) is 10.2. The predicted molar refractivity (Wildman–Crippen MR) is 47.0 cm³/mol. The summed E-state index contributed by atoms with van der Waals surface area (Å²) in [5.74, 6) is 0.109. The standard InChI is InChI=1S/C9H16NO/c1-4-5-6-7-9(11)10-8(2)3/h4-5,8H,1,6-7H2,2-3H3,(H,10,11)/b5-4+. The molecule has 0 spiro atoms. The van der Waals surface area contributed by atoms with Gasteiger partial charge >= 0.3 is 0 Å². The average molecular weight is 154 g/mol. The Morgan fingerprint density at radius 2 is 2.27 bits per heavy atom. The van der Waals surface area contributed by atoms with Crippen molar-refractivity contribution in [2.75, 3.05) is 0 Å². The normalized spacial score (nSPS) is 10.9. The van der Waals surface area contributed by atoms with Crippen LogP contribution in [-0.2, 0) is 4.79 Å². The zero-order valence-corrected chi connectivity index (χ0v) is 7.26. The molecule has 0 aliphatic heterocycles. The van der Waals surface area contributed by atoms with Crippen LogP contribution in [0.15, 0.2) is 12.2 Å². The molecule has 0 aromatic heterocycles. The summed E-state index contributed by atoms with van der Waals surface area (Å²) >= 11 is 0. The third-order valence-corrected chi connectivity index (χ3v) is 1.15. The van der Waals surface area contributed by atoms with E-state index < -0.39 is 0 Å².